The smallest absolute Gasteiger partial charge is 0.297 e. The molecule has 2 atom stereocenters. The van der Waals surface area contributed by atoms with E-state index < -0.39 is 0 Å². The Labute approximate surface area is 358 Å². The van der Waals surface area contributed by atoms with Gasteiger partial charge in [-0.3, -0.25) is 0 Å². The van der Waals surface area contributed by atoms with Crippen molar-refractivity contribution in [2.45, 2.75) is 131 Å². The summed E-state index contributed by atoms with van der Waals surface area (Å²) in [5, 5.41) is 1.91. The molecular formula is C54H60BClN2O. The molecule has 0 spiro atoms. The molecule has 3 aliphatic heterocycles. The Hall–Kier alpha value is -4.41. The molecule has 10 rings (SSSR count). The van der Waals surface area contributed by atoms with Crippen molar-refractivity contribution in [3.63, 3.8) is 0 Å². The second kappa shape index (κ2) is 12.8. The van der Waals surface area contributed by atoms with Gasteiger partial charge in [0.2, 0.25) is 0 Å². The lowest BCUT2D eigenvalue weighted by Crippen LogP contribution is -2.69. The fourth-order valence-corrected chi connectivity index (χ4v) is 11.7. The molecule has 1 fully saturated rings. The zero-order chi connectivity index (χ0) is 41.6. The maximum absolute atomic E-state index is 7.51. The van der Waals surface area contributed by atoms with Crippen LogP contribution in [0, 0.1) is 10.8 Å². The molecule has 4 aliphatic rings. The van der Waals surface area contributed by atoms with Crippen molar-refractivity contribution in [1.82, 2.24) is 0 Å². The van der Waals surface area contributed by atoms with E-state index in [2.05, 4.69) is 177 Å². The van der Waals surface area contributed by atoms with Gasteiger partial charge in [0.1, 0.15) is 5.58 Å². The zero-order valence-corrected chi connectivity index (χ0v) is 37.9. The molecule has 0 amide bonds. The number of hydrogen-bond donors (Lipinski definition) is 0. The molecule has 1 aliphatic carbocycles. The number of fused-ring (bicyclic) bond motifs is 8. The van der Waals surface area contributed by atoms with Crippen molar-refractivity contribution in [2.75, 3.05) is 9.80 Å². The Balaban J connectivity index is 1.35. The average Bonchev–Trinajstić information content (AvgIpc) is 3.53. The lowest BCUT2D eigenvalue weighted by molar-refractivity contribution is 0.0864. The average molecular weight is 799 g/mol. The van der Waals surface area contributed by atoms with Crippen molar-refractivity contribution in [2.24, 2.45) is 10.8 Å². The van der Waals surface area contributed by atoms with Gasteiger partial charge < -0.3 is 14.2 Å². The third-order valence-electron chi connectivity index (χ3n) is 14.7. The minimum Gasteiger partial charge on any atom is -0.468 e. The highest BCUT2D eigenvalue weighted by atomic mass is 35.5. The lowest BCUT2D eigenvalue weighted by Gasteiger charge is -2.62. The summed E-state index contributed by atoms with van der Waals surface area (Å²) >= 11 is 7.51. The van der Waals surface area contributed by atoms with Gasteiger partial charge in [-0.1, -0.05) is 148 Å². The van der Waals surface area contributed by atoms with E-state index in [1.807, 2.05) is 0 Å². The molecule has 1 aromatic heterocycles. The minimum absolute atomic E-state index is 0.0217. The van der Waals surface area contributed by atoms with E-state index in [4.69, 9.17) is 16.0 Å². The first-order valence-corrected chi connectivity index (χ1v) is 22.5. The van der Waals surface area contributed by atoms with Crippen LogP contribution in [0.2, 0.25) is 5.02 Å². The van der Waals surface area contributed by atoms with Gasteiger partial charge in [-0.15, -0.1) is 0 Å². The quantitative estimate of drug-likeness (QED) is 0.166. The second-order valence-electron chi connectivity index (χ2n) is 22.2. The first-order valence-electron chi connectivity index (χ1n) is 22.1. The van der Waals surface area contributed by atoms with Crippen LogP contribution in [0.3, 0.4) is 0 Å². The number of furan rings is 1. The third-order valence-corrected chi connectivity index (χ3v) is 14.9. The molecule has 302 valence electrons. The molecule has 0 saturated heterocycles. The van der Waals surface area contributed by atoms with Gasteiger partial charge in [-0.25, -0.2) is 0 Å². The van der Waals surface area contributed by atoms with Crippen molar-refractivity contribution in [1.29, 1.82) is 0 Å². The summed E-state index contributed by atoms with van der Waals surface area (Å²) < 4.78 is 7.39. The zero-order valence-electron chi connectivity index (χ0n) is 37.2. The Morgan fingerprint density at radius 1 is 0.712 bits per heavy atom. The van der Waals surface area contributed by atoms with Crippen LogP contribution in [0.25, 0.3) is 22.1 Å². The van der Waals surface area contributed by atoms with Gasteiger partial charge in [-0.2, -0.15) is 0 Å². The van der Waals surface area contributed by atoms with E-state index in [1.54, 1.807) is 0 Å². The predicted octanol–water partition coefficient (Wildman–Crippen LogP) is 13.6. The molecule has 3 nitrogen and oxygen atoms in total. The fourth-order valence-electron chi connectivity index (χ4n) is 11.4. The Morgan fingerprint density at radius 3 is 2.14 bits per heavy atom. The Morgan fingerprint density at radius 2 is 1.42 bits per heavy atom. The second-order valence-corrected chi connectivity index (χ2v) is 22.7. The largest absolute Gasteiger partial charge is 0.468 e. The van der Waals surface area contributed by atoms with E-state index in [0.29, 0.717) is 0 Å². The highest BCUT2D eigenvalue weighted by Gasteiger charge is 2.58. The van der Waals surface area contributed by atoms with Crippen molar-refractivity contribution >= 4 is 74.3 Å². The molecule has 59 heavy (non-hydrogen) atoms. The van der Waals surface area contributed by atoms with E-state index in [-0.39, 0.29) is 33.9 Å². The van der Waals surface area contributed by atoms with Gasteiger partial charge in [0.25, 0.3) is 6.71 Å². The summed E-state index contributed by atoms with van der Waals surface area (Å²) in [7, 11) is 0. The topological polar surface area (TPSA) is 19.6 Å². The molecular weight excluding hydrogens is 739 g/mol. The fraction of sp³-hybridized carbons (Fsp3) is 0.407. The molecule has 1 saturated carbocycles. The standard InChI is InChI=1S/C54H60BClN2O/c1-50(2,3)31-33-19-21-42(39(25-33)34-17-13-12-14-18-34)57-43-29-38(56)30-44-46(43)55(49-48(57)40-27-36(51(4,5)6)20-22-45(40)59-49)41-28-37(52(7,8)9)26-35-32-53(10)23-15-16-24-54(53,11)58(44)47(35)41/h12-14,17-22,25-30H,15-16,23-24,31-32H2,1-11H3/t53-,54?/m0/s1. The molecule has 5 heteroatoms. The molecule has 0 bridgehead atoms. The number of rotatable bonds is 3. The molecule has 0 N–H and O–H groups in total. The van der Waals surface area contributed by atoms with E-state index >= 15 is 0 Å². The van der Waals surface area contributed by atoms with E-state index in [0.717, 1.165) is 58.0 Å². The van der Waals surface area contributed by atoms with Gasteiger partial charge in [-0.05, 0) is 129 Å². The lowest BCUT2D eigenvalue weighted by atomic mass is 9.34. The van der Waals surface area contributed by atoms with E-state index in [1.165, 1.54) is 74.9 Å². The van der Waals surface area contributed by atoms with E-state index in [9.17, 15) is 0 Å². The number of benzene rings is 5. The summed E-state index contributed by atoms with van der Waals surface area (Å²) in [5.74, 6) is 0. The maximum Gasteiger partial charge on any atom is 0.297 e. The third kappa shape index (κ3) is 5.89. The predicted molar refractivity (Wildman–Crippen MR) is 254 cm³/mol. The van der Waals surface area contributed by atoms with Crippen molar-refractivity contribution in [3.05, 3.63) is 118 Å². The molecule has 0 radical (unpaired) electrons. The Kier molecular flexibility index (Phi) is 8.42. The molecule has 4 heterocycles. The molecule has 6 aromatic rings. The monoisotopic (exact) mass is 798 g/mol. The highest BCUT2D eigenvalue weighted by Crippen LogP contribution is 2.60. The van der Waals surface area contributed by atoms with Crippen LogP contribution in [0.15, 0.2) is 95.4 Å². The normalized spacial score (nSPS) is 21.0. The van der Waals surface area contributed by atoms with Crippen LogP contribution in [0.4, 0.5) is 28.4 Å². The summed E-state index contributed by atoms with van der Waals surface area (Å²) in [6.45, 7) is 26.0. The van der Waals surface area contributed by atoms with Crippen LogP contribution in [-0.2, 0) is 23.7 Å². The highest BCUT2D eigenvalue weighted by molar-refractivity contribution is 7.00. The van der Waals surface area contributed by atoms with Gasteiger partial charge in [0.15, 0.2) is 0 Å². The number of anilines is 5. The first kappa shape index (κ1) is 38.8. The van der Waals surface area contributed by atoms with Crippen molar-refractivity contribution in [3.8, 4) is 11.1 Å². The van der Waals surface area contributed by atoms with Crippen LogP contribution < -0.4 is 26.4 Å². The minimum atomic E-state index is -0.0989. The number of halogens is 1. The first-order chi connectivity index (χ1) is 27.8. The number of nitrogens with zero attached hydrogens (tertiary/aromatic N) is 2. The molecule has 1 unspecified atom stereocenters. The van der Waals surface area contributed by atoms with Gasteiger partial charge in [0, 0.05) is 38.6 Å². The van der Waals surface area contributed by atoms with Crippen LogP contribution in [-0.4, -0.2) is 12.3 Å². The molecule has 5 aromatic carbocycles. The summed E-state index contributed by atoms with van der Waals surface area (Å²) in [4.78, 5) is 5.34. The van der Waals surface area contributed by atoms with Crippen LogP contribution in [0.1, 0.15) is 124 Å². The van der Waals surface area contributed by atoms with Crippen LogP contribution >= 0.6 is 11.6 Å². The number of hydrogen-bond acceptors (Lipinski definition) is 3. The SMILES string of the molecule is CC(C)(C)Cc1ccc(N2c3cc(Cl)cc4c3B(c3cc(C(C)(C)C)cc5c3N4C3(C)CCCC[C@@]3(C)C5)c3oc4ccc(C(C)(C)C)cc4c32)c(-c2ccccc2)c1. The Bertz CT molecular complexity index is 2690. The van der Waals surface area contributed by atoms with Crippen LogP contribution in [0.5, 0.6) is 0 Å². The van der Waals surface area contributed by atoms with Gasteiger partial charge >= 0.3 is 0 Å². The summed E-state index contributed by atoms with van der Waals surface area (Å²) in [5.41, 5.74) is 18.7. The maximum atomic E-state index is 7.51. The van der Waals surface area contributed by atoms with Crippen molar-refractivity contribution < 1.29 is 4.42 Å². The summed E-state index contributed by atoms with van der Waals surface area (Å²) in [6.07, 6.45) is 6.94. The van der Waals surface area contributed by atoms with Gasteiger partial charge in [0.05, 0.1) is 17.0 Å². The summed E-state index contributed by atoms with van der Waals surface area (Å²) in [6, 6.07) is 34.7.